The molecular formula is C13H20N2. The van der Waals surface area contributed by atoms with Crippen LogP contribution in [0.3, 0.4) is 0 Å². The van der Waals surface area contributed by atoms with Crippen molar-refractivity contribution in [1.29, 1.82) is 0 Å². The molecule has 0 aromatic heterocycles. The average Bonchev–Trinajstić information content (AvgIpc) is 2.69. The summed E-state index contributed by atoms with van der Waals surface area (Å²) in [5, 5.41) is 0. The molecule has 2 nitrogen and oxygen atoms in total. The lowest BCUT2D eigenvalue weighted by Gasteiger charge is -2.20. The van der Waals surface area contributed by atoms with Gasteiger partial charge < -0.3 is 10.6 Å². The number of nitrogens with zero attached hydrogens (tertiary/aromatic N) is 1. The van der Waals surface area contributed by atoms with E-state index in [0.717, 1.165) is 25.9 Å². The van der Waals surface area contributed by atoms with Crippen LogP contribution in [0.15, 0.2) is 18.2 Å². The lowest BCUT2D eigenvalue weighted by molar-refractivity contribution is 0.819. The topological polar surface area (TPSA) is 29.3 Å². The van der Waals surface area contributed by atoms with Crippen molar-refractivity contribution in [3.63, 3.8) is 0 Å². The molecule has 0 aliphatic carbocycles. The fraction of sp³-hybridized carbons (Fsp3) is 0.538. The van der Waals surface area contributed by atoms with Gasteiger partial charge in [0.15, 0.2) is 0 Å². The minimum absolute atomic E-state index is 0.787. The standard InChI is InChI=1S/C13H20N2/c1-2-15-10-8-12-6-3-5-11(13(12)15)7-4-9-14/h3,5-6H,2,4,7-10,14H2,1H3. The maximum atomic E-state index is 5.58. The van der Waals surface area contributed by atoms with Crippen LogP contribution in [0.1, 0.15) is 24.5 Å². The molecule has 0 fully saturated rings. The van der Waals surface area contributed by atoms with Crippen molar-refractivity contribution >= 4 is 5.69 Å². The first-order valence-corrected chi connectivity index (χ1v) is 5.92. The van der Waals surface area contributed by atoms with Crippen molar-refractivity contribution in [2.24, 2.45) is 5.73 Å². The van der Waals surface area contributed by atoms with Gasteiger partial charge in [-0.2, -0.15) is 0 Å². The molecule has 0 saturated heterocycles. The Morgan fingerprint density at radius 2 is 2.27 bits per heavy atom. The van der Waals surface area contributed by atoms with Gasteiger partial charge >= 0.3 is 0 Å². The number of hydrogen-bond donors (Lipinski definition) is 1. The molecule has 0 unspecified atom stereocenters. The van der Waals surface area contributed by atoms with E-state index in [9.17, 15) is 0 Å². The minimum Gasteiger partial charge on any atom is -0.371 e. The minimum atomic E-state index is 0.787. The SMILES string of the molecule is CCN1CCc2cccc(CCCN)c21. The van der Waals surface area contributed by atoms with Crippen LogP contribution in [0.2, 0.25) is 0 Å². The monoisotopic (exact) mass is 204 g/mol. The smallest absolute Gasteiger partial charge is 0.0431 e. The van der Waals surface area contributed by atoms with Gasteiger partial charge in [0.2, 0.25) is 0 Å². The van der Waals surface area contributed by atoms with Crippen LogP contribution in [0, 0.1) is 0 Å². The lowest BCUT2D eigenvalue weighted by atomic mass is 10.0. The highest BCUT2D eigenvalue weighted by atomic mass is 15.1. The summed E-state index contributed by atoms with van der Waals surface area (Å²) in [6.45, 7) is 5.32. The molecule has 0 saturated carbocycles. The average molecular weight is 204 g/mol. The van der Waals surface area contributed by atoms with Gasteiger partial charge in [-0.1, -0.05) is 18.2 Å². The zero-order chi connectivity index (χ0) is 10.7. The number of para-hydroxylation sites is 1. The number of aryl methyl sites for hydroxylation is 1. The fourth-order valence-corrected chi connectivity index (χ4v) is 2.43. The summed E-state index contributed by atoms with van der Waals surface area (Å²) in [5.41, 5.74) is 10.1. The second-order valence-corrected chi connectivity index (χ2v) is 4.15. The largest absolute Gasteiger partial charge is 0.371 e. The predicted molar refractivity (Wildman–Crippen MR) is 65.4 cm³/mol. The molecule has 2 heteroatoms. The third-order valence-corrected chi connectivity index (χ3v) is 3.20. The number of anilines is 1. The van der Waals surface area contributed by atoms with Gasteiger partial charge in [0.25, 0.3) is 0 Å². The first kappa shape index (κ1) is 10.5. The zero-order valence-corrected chi connectivity index (χ0v) is 9.50. The van der Waals surface area contributed by atoms with Crippen molar-refractivity contribution < 1.29 is 0 Å². The number of nitrogens with two attached hydrogens (primary N) is 1. The Morgan fingerprint density at radius 3 is 3.00 bits per heavy atom. The summed E-state index contributed by atoms with van der Waals surface area (Å²) in [5.74, 6) is 0. The van der Waals surface area contributed by atoms with Gasteiger partial charge in [-0.15, -0.1) is 0 Å². The van der Waals surface area contributed by atoms with Gasteiger partial charge in [0.05, 0.1) is 0 Å². The van der Waals surface area contributed by atoms with Gasteiger partial charge in [-0.25, -0.2) is 0 Å². The number of benzene rings is 1. The maximum Gasteiger partial charge on any atom is 0.0431 e. The molecule has 1 aliphatic heterocycles. The Kier molecular flexibility index (Phi) is 3.27. The Labute approximate surface area is 92.1 Å². The van der Waals surface area contributed by atoms with Gasteiger partial charge in [-0.05, 0) is 43.9 Å². The van der Waals surface area contributed by atoms with Crippen molar-refractivity contribution in [2.45, 2.75) is 26.2 Å². The molecule has 15 heavy (non-hydrogen) atoms. The van der Waals surface area contributed by atoms with Crippen molar-refractivity contribution in [2.75, 3.05) is 24.5 Å². The Balaban J connectivity index is 2.27. The Hall–Kier alpha value is -1.02. The lowest BCUT2D eigenvalue weighted by Crippen LogP contribution is -2.20. The highest BCUT2D eigenvalue weighted by molar-refractivity contribution is 5.63. The van der Waals surface area contributed by atoms with E-state index in [1.165, 1.54) is 29.8 Å². The van der Waals surface area contributed by atoms with E-state index in [1.54, 1.807) is 0 Å². The summed E-state index contributed by atoms with van der Waals surface area (Å²) in [6.07, 6.45) is 3.42. The molecule has 0 spiro atoms. The quantitative estimate of drug-likeness (QED) is 0.812. The predicted octanol–water partition coefficient (Wildman–Crippen LogP) is 1.96. The number of rotatable bonds is 4. The molecule has 82 valence electrons. The normalized spacial score (nSPS) is 14.4. The molecule has 0 radical (unpaired) electrons. The van der Waals surface area contributed by atoms with Crippen molar-refractivity contribution in [1.82, 2.24) is 0 Å². The molecule has 1 heterocycles. The first-order valence-electron chi connectivity index (χ1n) is 5.92. The molecule has 2 rings (SSSR count). The second-order valence-electron chi connectivity index (χ2n) is 4.15. The van der Waals surface area contributed by atoms with Gasteiger partial charge in [-0.3, -0.25) is 0 Å². The summed E-state index contributed by atoms with van der Waals surface area (Å²) < 4.78 is 0. The van der Waals surface area contributed by atoms with Crippen LogP contribution in [0.5, 0.6) is 0 Å². The van der Waals surface area contributed by atoms with E-state index in [0.29, 0.717) is 0 Å². The molecule has 1 aromatic rings. The van der Waals surface area contributed by atoms with Crippen LogP contribution in [0.4, 0.5) is 5.69 Å². The number of hydrogen-bond acceptors (Lipinski definition) is 2. The molecular weight excluding hydrogens is 184 g/mol. The Bertz CT molecular complexity index is 333. The van der Waals surface area contributed by atoms with Gasteiger partial charge in [0.1, 0.15) is 0 Å². The zero-order valence-electron chi connectivity index (χ0n) is 9.50. The van der Waals surface area contributed by atoms with E-state index in [2.05, 4.69) is 30.0 Å². The van der Waals surface area contributed by atoms with E-state index in [-0.39, 0.29) is 0 Å². The summed E-state index contributed by atoms with van der Waals surface area (Å²) in [4.78, 5) is 2.49. The van der Waals surface area contributed by atoms with Gasteiger partial charge in [0, 0.05) is 18.8 Å². The molecule has 0 atom stereocenters. The van der Waals surface area contributed by atoms with E-state index >= 15 is 0 Å². The van der Waals surface area contributed by atoms with E-state index in [4.69, 9.17) is 5.73 Å². The summed E-state index contributed by atoms with van der Waals surface area (Å²) in [7, 11) is 0. The van der Waals surface area contributed by atoms with E-state index in [1.807, 2.05) is 0 Å². The second kappa shape index (κ2) is 4.67. The van der Waals surface area contributed by atoms with Crippen molar-refractivity contribution in [3.05, 3.63) is 29.3 Å². The number of fused-ring (bicyclic) bond motifs is 1. The molecule has 1 aromatic carbocycles. The highest BCUT2D eigenvalue weighted by Crippen LogP contribution is 2.32. The van der Waals surface area contributed by atoms with Crippen LogP contribution < -0.4 is 10.6 Å². The third kappa shape index (κ3) is 2.00. The van der Waals surface area contributed by atoms with Crippen molar-refractivity contribution in [3.8, 4) is 0 Å². The van der Waals surface area contributed by atoms with E-state index < -0.39 is 0 Å². The Morgan fingerprint density at radius 1 is 1.40 bits per heavy atom. The molecule has 2 N–H and O–H groups in total. The molecule has 1 aliphatic rings. The third-order valence-electron chi connectivity index (χ3n) is 3.20. The summed E-state index contributed by atoms with van der Waals surface area (Å²) in [6, 6.07) is 6.70. The molecule has 0 amide bonds. The summed E-state index contributed by atoms with van der Waals surface area (Å²) >= 11 is 0. The van der Waals surface area contributed by atoms with Crippen LogP contribution >= 0.6 is 0 Å². The first-order chi connectivity index (χ1) is 7.36. The van der Waals surface area contributed by atoms with Crippen LogP contribution in [0.25, 0.3) is 0 Å². The fourth-order valence-electron chi connectivity index (χ4n) is 2.43. The maximum absolute atomic E-state index is 5.58. The highest BCUT2D eigenvalue weighted by Gasteiger charge is 2.19. The van der Waals surface area contributed by atoms with Crippen LogP contribution in [-0.2, 0) is 12.8 Å². The van der Waals surface area contributed by atoms with Crippen LogP contribution in [-0.4, -0.2) is 19.6 Å². The molecule has 0 bridgehead atoms. The number of likely N-dealkylation sites (N-methyl/N-ethyl adjacent to an activating group) is 1.